The lowest BCUT2D eigenvalue weighted by molar-refractivity contribution is 0.0716. The van der Waals surface area contributed by atoms with Gasteiger partial charge >= 0.3 is 0 Å². The van der Waals surface area contributed by atoms with Crippen molar-refractivity contribution in [2.45, 2.75) is 103 Å². The Morgan fingerprint density at radius 1 is 1.00 bits per heavy atom. The summed E-state index contributed by atoms with van der Waals surface area (Å²) in [6.07, 6.45) is 14.9. The van der Waals surface area contributed by atoms with Crippen molar-refractivity contribution >= 4 is 5.91 Å². The van der Waals surface area contributed by atoms with Gasteiger partial charge in [0.25, 0.3) is 5.91 Å². The number of amides is 1. The van der Waals surface area contributed by atoms with Gasteiger partial charge in [-0.15, -0.1) is 0 Å². The molecule has 1 aromatic heterocycles. The highest BCUT2D eigenvalue weighted by molar-refractivity contribution is 5.94. The van der Waals surface area contributed by atoms with E-state index in [1.807, 2.05) is 4.90 Å². The normalized spacial score (nSPS) is 24.5. The second-order valence-electron chi connectivity index (χ2n) is 8.74. The molecule has 0 radical (unpaired) electrons. The minimum absolute atomic E-state index is 0.174. The van der Waals surface area contributed by atoms with Crippen LogP contribution in [-0.2, 0) is 19.4 Å². The van der Waals surface area contributed by atoms with Crippen molar-refractivity contribution in [3.8, 4) is 0 Å². The van der Waals surface area contributed by atoms with Crippen LogP contribution in [0.15, 0.2) is 0 Å². The first-order chi connectivity index (χ1) is 13.3. The smallest absolute Gasteiger partial charge is 0.274 e. The molecule has 1 aliphatic heterocycles. The fraction of sp³-hybridized carbons (Fsp3) is 0.818. The van der Waals surface area contributed by atoms with Gasteiger partial charge in [0, 0.05) is 43.0 Å². The molecular formula is C22H36N4O. The van der Waals surface area contributed by atoms with Crippen LogP contribution in [0.4, 0.5) is 0 Å². The monoisotopic (exact) mass is 372 g/mol. The van der Waals surface area contributed by atoms with Gasteiger partial charge in [-0.3, -0.25) is 9.48 Å². The summed E-state index contributed by atoms with van der Waals surface area (Å²) in [7, 11) is 0. The maximum absolute atomic E-state index is 13.2. The number of fused-ring (bicyclic) bond motifs is 1. The number of aromatic nitrogens is 2. The van der Waals surface area contributed by atoms with Crippen LogP contribution in [0.1, 0.15) is 92.9 Å². The van der Waals surface area contributed by atoms with E-state index in [2.05, 4.69) is 16.9 Å². The summed E-state index contributed by atoms with van der Waals surface area (Å²) in [5, 5.41) is 8.73. The Hall–Kier alpha value is -1.36. The molecule has 2 fully saturated rings. The van der Waals surface area contributed by atoms with Gasteiger partial charge in [0.05, 0.1) is 0 Å². The van der Waals surface area contributed by atoms with Gasteiger partial charge < -0.3 is 10.2 Å². The van der Waals surface area contributed by atoms with Crippen LogP contribution in [0.3, 0.4) is 0 Å². The number of rotatable bonds is 4. The second kappa shape index (κ2) is 8.76. The quantitative estimate of drug-likeness (QED) is 0.820. The molecule has 1 N–H and O–H groups in total. The summed E-state index contributed by atoms with van der Waals surface area (Å²) in [6.45, 7) is 4.79. The first kappa shape index (κ1) is 19.0. The summed E-state index contributed by atoms with van der Waals surface area (Å²) in [5.74, 6) is 0.174. The SMILES string of the molecule is CCn1nc(C(=O)N2CCCCC2)c2c1CCC(NC1CCCCCC1)C2. The molecule has 1 amide bonds. The highest BCUT2D eigenvalue weighted by Gasteiger charge is 2.32. The van der Waals surface area contributed by atoms with Gasteiger partial charge in [0.15, 0.2) is 5.69 Å². The number of aryl methyl sites for hydroxylation is 1. The Morgan fingerprint density at radius 3 is 2.41 bits per heavy atom. The van der Waals surface area contributed by atoms with E-state index in [0.29, 0.717) is 12.1 Å². The van der Waals surface area contributed by atoms with E-state index < -0.39 is 0 Å². The number of likely N-dealkylation sites (tertiary alicyclic amines) is 1. The summed E-state index contributed by atoms with van der Waals surface area (Å²) in [5.41, 5.74) is 3.31. The van der Waals surface area contributed by atoms with E-state index in [4.69, 9.17) is 5.10 Å². The number of hydrogen-bond donors (Lipinski definition) is 1. The summed E-state index contributed by atoms with van der Waals surface area (Å²) in [6, 6.07) is 1.17. The maximum atomic E-state index is 13.2. The van der Waals surface area contributed by atoms with Crippen LogP contribution in [-0.4, -0.2) is 45.8 Å². The van der Waals surface area contributed by atoms with Gasteiger partial charge in [-0.1, -0.05) is 25.7 Å². The van der Waals surface area contributed by atoms with Crippen molar-refractivity contribution in [3.63, 3.8) is 0 Å². The zero-order chi connectivity index (χ0) is 18.6. The van der Waals surface area contributed by atoms with Crippen LogP contribution in [0.2, 0.25) is 0 Å². The molecule has 4 rings (SSSR count). The molecule has 2 aliphatic carbocycles. The number of carbonyl (C=O) groups is 1. The highest BCUT2D eigenvalue weighted by atomic mass is 16.2. The van der Waals surface area contributed by atoms with Crippen molar-refractivity contribution in [2.24, 2.45) is 0 Å². The number of carbonyl (C=O) groups excluding carboxylic acids is 1. The minimum Gasteiger partial charge on any atom is -0.337 e. The lowest BCUT2D eigenvalue weighted by Crippen LogP contribution is -2.42. The molecule has 0 bridgehead atoms. The lowest BCUT2D eigenvalue weighted by atomic mass is 9.90. The third-order valence-corrected chi connectivity index (χ3v) is 6.82. The number of piperidine rings is 1. The predicted octanol–water partition coefficient (Wildman–Crippen LogP) is 3.70. The van der Waals surface area contributed by atoms with Crippen molar-refractivity contribution < 1.29 is 4.79 Å². The molecule has 1 unspecified atom stereocenters. The number of nitrogens with zero attached hydrogens (tertiary/aromatic N) is 3. The van der Waals surface area contributed by atoms with Crippen molar-refractivity contribution in [1.82, 2.24) is 20.0 Å². The predicted molar refractivity (Wildman–Crippen MR) is 108 cm³/mol. The summed E-state index contributed by atoms with van der Waals surface area (Å²) >= 11 is 0. The van der Waals surface area contributed by atoms with Crippen molar-refractivity contribution in [2.75, 3.05) is 13.1 Å². The average molecular weight is 373 g/mol. The molecule has 150 valence electrons. The molecule has 1 atom stereocenters. The first-order valence-corrected chi connectivity index (χ1v) is 11.4. The maximum Gasteiger partial charge on any atom is 0.274 e. The van der Waals surface area contributed by atoms with Crippen LogP contribution in [0.5, 0.6) is 0 Å². The lowest BCUT2D eigenvalue weighted by Gasteiger charge is -2.30. The van der Waals surface area contributed by atoms with Crippen LogP contribution in [0, 0.1) is 0 Å². The zero-order valence-corrected chi connectivity index (χ0v) is 17.0. The Balaban J connectivity index is 1.50. The average Bonchev–Trinajstić information content (AvgIpc) is 2.87. The van der Waals surface area contributed by atoms with E-state index in [1.165, 1.54) is 62.6 Å². The van der Waals surface area contributed by atoms with Gasteiger partial charge in [-0.2, -0.15) is 5.10 Å². The molecule has 5 heteroatoms. The topological polar surface area (TPSA) is 50.2 Å². The molecule has 2 heterocycles. The number of nitrogens with one attached hydrogen (secondary N) is 1. The van der Waals surface area contributed by atoms with Crippen molar-refractivity contribution in [3.05, 3.63) is 17.0 Å². The van der Waals surface area contributed by atoms with Crippen LogP contribution < -0.4 is 5.32 Å². The van der Waals surface area contributed by atoms with E-state index in [0.717, 1.165) is 51.0 Å². The van der Waals surface area contributed by atoms with Gasteiger partial charge in [0.1, 0.15) is 0 Å². The molecule has 1 aromatic rings. The second-order valence-corrected chi connectivity index (χ2v) is 8.74. The van der Waals surface area contributed by atoms with E-state index in [-0.39, 0.29) is 5.91 Å². The van der Waals surface area contributed by atoms with Crippen LogP contribution in [0.25, 0.3) is 0 Å². The van der Waals surface area contributed by atoms with Gasteiger partial charge in [0.2, 0.25) is 0 Å². The van der Waals surface area contributed by atoms with Gasteiger partial charge in [-0.25, -0.2) is 0 Å². The Morgan fingerprint density at radius 2 is 1.70 bits per heavy atom. The minimum atomic E-state index is 0.174. The molecule has 27 heavy (non-hydrogen) atoms. The third-order valence-electron chi connectivity index (χ3n) is 6.82. The molecule has 3 aliphatic rings. The van der Waals surface area contributed by atoms with E-state index in [1.54, 1.807) is 0 Å². The molecular weight excluding hydrogens is 336 g/mol. The van der Waals surface area contributed by atoms with Crippen molar-refractivity contribution in [1.29, 1.82) is 0 Å². The molecule has 0 aromatic carbocycles. The summed E-state index contributed by atoms with van der Waals surface area (Å²) < 4.78 is 2.09. The largest absolute Gasteiger partial charge is 0.337 e. The molecule has 5 nitrogen and oxygen atoms in total. The standard InChI is InChI=1S/C22H36N4O/c1-2-26-20-13-12-18(23-17-10-6-3-4-7-11-17)16-19(20)21(24-26)22(27)25-14-8-5-9-15-25/h17-18,23H,2-16H2,1H3. The van der Waals surface area contributed by atoms with E-state index >= 15 is 0 Å². The van der Waals surface area contributed by atoms with E-state index in [9.17, 15) is 4.79 Å². The first-order valence-electron chi connectivity index (χ1n) is 11.4. The number of hydrogen-bond acceptors (Lipinski definition) is 3. The summed E-state index contributed by atoms with van der Waals surface area (Å²) in [4.78, 5) is 15.2. The molecule has 0 spiro atoms. The van der Waals surface area contributed by atoms with Gasteiger partial charge in [-0.05, 0) is 58.3 Å². The Labute approximate surface area is 163 Å². The zero-order valence-electron chi connectivity index (χ0n) is 17.0. The third kappa shape index (κ3) is 4.23. The molecule has 1 saturated heterocycles. The highest BCUT2D eigenvalue weighted by Crippen LogP contribution is 2.28. The Kier molecular flexibility index (Phi) is 6.16. The Bertz CT molecular complexity index is 639. The fourth-order valence-electron chi connectivity index (χ4n) is 5.29. The van der Waals surface area contributed by atoms with Crippen LogP contribution >= 0.6 is 0 Å². The molecule has 1 saturated carbocycles. The fourth-order valence-corrected chi connectivity index (χ4v) is 5.29.